The minimum Gasteiger partial charge on any atom is -0.481 e. The lowest BCUT2D eigenvalue weighted by Gasteiger charge is -2.26. The molecule has 4 nitrogen and oxygen atoms in total. The highest BCUT2D eigenvalue weighted by atomic mass is 35.5. The number of halogens is 1. The van der Waals surface area contributed by atoms with Crippen LogP contribution < -0.4 is 5.01 Å². The average Bonchev–Trinajstić information content (AvgIpc) is 2.86. The predicted octanol–water partition coefficient (Wildman–Crippen LogP) is 3.98. The van der Waals surface area contributed by atoms with Crippen LogP contribution in [0.3, 0.4) is 0 Å². The fourth-order valence-corrected chi connectivity index (χ4v) is 2.98. The van der Waals surface area contributed by atoms with Crippen molar-refractivity contribution in [2.24, 2.45) is 11.0 Å². The molecular weight excluding hydrogens is 300 g/mol. The Bertz CT molecular complexity index is 730. The van der Waals surface area contributed by atoms with E-state index in [1.165, 1.54) is 0 Å². The first-order valence-corrected chi connectivity index (χ1v) is 7.33. The van der Waals surface area contributed by atoms with Gasteiger partial charge in [-0.3, -0.25) is 9.80 Å². The summed E-state index contributed by atoms with van der Waals surface area (Å²) in [6.07, 6.45) is 0. The molecule has 0 aromatic heterocycles. The zero-order chi connectivity index (χ0) is 15.7. The number of hydrogen-bond acceptors (Lipinski definition) is 3. The standard InChI is InChI=1S/C17H15ClN2O2/c1-11-15(17(21)22)16(12-6-3-2-4-7-12)20(19-11)14-9-5-8-13(18)10-14/h2-10,15-16H,1H3,(H,21,22). The van der Waals surface area contributed by atoms with Crippen LogP contribution in [0.15, 0.2) is 59.7 Å². The van der Waals surface area contributed by atoms with E-state index in [-0.39, 0.29) is 6.04 Å². The van der Waals surface area contributed by atoms with Crippen molar-refractivity contribution in [3.05, 3.63) is 65.2 Å². The van der Waals surface area contributed by atoms with Gasteiger partial charge in [0.25, 0.3) is 0 Å². The minimum absolute atomic E-state index is 0.378. The normalized spacial score (nSPS) is 20.8. The number of hydrazone groups is 1. The van der Waals surface area contributed by atoms with Gasteiger partial charge in [-0.15, -0.1) is 0 Å². The number of anilines is 1. The van der Waals surface area contributed by atoms with Crippen LogP contribution in [0.4, 0.5) is 5.69 Å². The number of carboxylic acid groups (broad SMARTS) is 1. The van der Waals surface area contributed by atoms with E-state index in [4.69, 9.17) is 11.6 Å². The molecule has 112 valence electrons. The molecule has 0 saturated carbocycles. The summed E-state index contributed by atoms with van der Waals surface area (Å²) in [5, 5.41) is 16.4. The van der Waals surface area contributed by atoms with Gasteiger partial charge in [-0.05, 0) is 30.7 Å². The average molecular weight is 315 g/mol. The molecule has 5 heteroatoms. The maximum Gasteiger partial charge on any atom is 0.314 e. The highest BCUT2D eigenvalue weighted by Crippen LogP contribution is 2.39. The maximum atomic E-state index is 11.7. The molecule has 1 heterocycles. The zero-order valence-electron chi connectivity index (χ0n) is 12.0. The van der Waals surface area contributed by atoms with Gasteiger partial charge in [0.1, 0.15) is 5.92 Å². The summed E-state index contributed by atoms with van der Waals surface area (Å²) in [5.74, 6) is -1.55. The number of carbonyl (C=O) groups is 1. The van der Waals surface area contributed by atoms with Crippen molar-refractivity contribution >= 4 is 29.0 Å². The zero-order valence-corrected chi connectivity index (χ0v) is 12.7. The Hall–Kier alpha value is -2.33. The highest BCUT2D eigenvalue weighted by molar-refractivity contribution is 6.30. The van der Waals surface area contributed by atoms with Crippen molar-refractivity contribution < 1.29 is 9.90 Å². The van der Waals surface area contributed by atoms with Gasteiger partial charge >= 0.3 is 5.97 Å². The van der Waals surface area contributed by atoms with Gasteiger partial charge in [0.05, 0.1) is 17.4 Å². The van der Waals surface area contributed by atoms with E-state index in [1.54, 1.807) is 24.1 Å². The van der Waals surface area contributed by atoms with Gasteiger partial charge in [0.15, 0.2) is 0 Å². The van der Waals surface area contributed by atoms with Crippen molar-refractivity contribution in [3.8, 4) is 0 Å². The summed E-state index contributed by atoms with van der Waals surface area (Å²) in [6.45, 7) is 1.75. The van der Waals surface area contributed by atoms with Crippen molar-refractivity contribution in [2.45, 2.75) is 13.0 Å². The first-order valence-electron chi connectivity index (χ1n) is 6.95. The summed E-state index contributed by atoms with van der Waals surface area (Å²) in [7, 11) is 0. The van der Waals surface area contributed by atoms with Crippen molar-refractivity contribution in [1.82, 2.24) is 0 Å². The Morgan fingerprint density at radius 1 is 1.18 bits per heavy atom. The van der Waals surface area contributed by atoms with Crippen molar-refractivity contribution in [1.29, 1.82) is 0 Å². The fraction of sp³-hybridized carbons (Fsp3) is 0.176. The molecule has 1 aliphatic heterocycles. The molecule has 0 saturated heterocycles. The summed E-state index contributed by atoms with van der Waals surface area (Å²) < 4.78 is 0. The summed E-state index contributed by atoms with van der Waals surface area (Å²) in [6, 6.07) is 16.5. The van der Waals surface area contributed by atoms with Crippen LogP contribution in [0.2, 0.25) is 5.02 Å². The van der Waals surface area contributed by atoms with Gasteiger partial charge in [-0.1, -0.05) is 48.0 Å². The second-order valence-corrected chi connectivity index (χ2v) is 5.67. The molecule has 22 heavy (non-hydrogen) atoms. The molecule has 2 unspecified atom stereocenters. The topological polar surface area (TPSA) is 52.9 Å². The Balaban J connectivity index is 2.09. The maximum absolute atomic E-state index is 11.7. The summed E-state index contributed by atoms with van der Waals surface area (Å²) in [4.78, 5) is 11.7. The first kappa shape index (κ1) is 14.6. The van der Waals surface area contributed by atoms with E-state index in [2.05, 4.69) is 5.10 Å². The third-order valence-corrected chi connectivity index (χ3v) is 4.01. The van der Waals surface area contributed by atoms with Gasteiger partial charge < -0.3 is 5.11 Å². The van der Waals surface area contributed by atoms with Crippen LogP contribution in [-0.4, -0.2) is 16.8 Å². The van der Waals surface area contributed by atoms with Crippen LogP contribution in [0.25, 0.3) is 0 Å². The summed E-state index contributed by atoms with van der Waals surface area (Å²) >= 11 is 6.06. The predicted molar refractivity (Wildman–Crippen MR) is 87.3 cm³/mol. The second kappa shape index (κ2) is 5.81. The Labute approximate surface area is 133 Å². The Morgan fingerprint density at radius 2 is 1.91 bits per heavy atom. The van der Waals surface area contributed by atoms with E-state index in [0.29, 0.717) is 10.7 Å². The Morgan fingerprint density at radius 3 is 2.55 bits per heavy atom. The highest BCUT2D eigenvalue weighted by Gasteiger charge is 2.41. The lowest BCUT2D eigenvalue weighted by Crippen LogP contribution is -2.30. The van der Waals surface area contributed by atoms with E-state index < -0.39 is 11.9 Å². The molecule has 0 amide bonds. The number of nitrogens with zero attached hydrogens (tertiary/aromatic N) is 2. The van der Waals surface area contributed by atoms with Crippen molar-refractivity contribution in [2.75, 3.05) is 5.01 Å². The first-order chi connectivity index (χ1) is 10.6. The molecule has 0 bridgehead atoms. The molecule has 0 radical (unpaired) electrons. The SMILES string of the molecule is CC1=NN(c2cccc(Cl)c2)C(c2ccccc2)C1C(=O)O. The molecule has 1 N–H and O–H groups in total. The number of aliphatic carboxylic acids is 1. The second-order valence-electron chi connectivity index (χ2n) is 5.24. The monoisotopic (exact) mass is 314 g/mol. The summed E-state index contributed by atoms with van der Waals surface area (Å²) in [5.41, 5.74) is 2.28. The van der Waals surface area contributed by atoms with Crippen LogP contribution >= 0.6 is 11.6 Å². The number of hydrogen-bond donors (Lipinski definition) is 1. The quantitative estimate of drug-likeness (QED) is 0.932. The molecule has 2 atom stereocenters. The molecule has 2 aromatic rings. The van der Waals surface area contributed by atoms with E-state index in [9.17, 15) is 9.90 Å². The molecule has 2 aromatic carbocycles. The smallest absolute Gasteiger partial charge is 0.314 e. The van der Waals surface area contributed by atoms with E-state index >= 15 is 0 Å². The van der Waals surface area contributed by atoms with Crippen LogP contribution in [-0.2, 0) is 4.79 Å². The molecule has 3 rings (SSSR count). The van der Waals surface area contributed by atoms with Gasteiger partial charge in [-0.2, -0.15) is 5.10 Å². The number of carboxylic acids is 1. The fourth-order valence-electron chi connectivity index (χ4n) is 2.80. The lowest BCUT2D eigenvalue weighted by atomic mass is 9.90. The molecule has 0 aliphatic carbocycles. The van der Waals surface area contributed by atoms with E-state index in [1.807, 2.05) is 42.5 Å². The van der Waals surface area contributed by atoms with Gasteiger partial charge in [-0.25, -0.2) is 0 Å². The van der Waals surface area contributed by atoms with Crippen LogP contribution in [0.5, 0.6) is 0 Å². The Kier molecular flexibility index (Phi) is 3.86. The van der Waals surface area contributed by atoms with Crippen LogP contribution in [0, 0.1) is 5.92 Å². The third kappa shape index (κ3) is 2.57. The van der Waals surface area contributed by atoms with E-state index in [0.717, 1.165) is 11.3 Å². The molecular formula is C17H15ClN2O2. The minimum atomic E-state index is -0.875. The third-order valence-electron chi connectivity index (χ3n) is 3.77. The van der Waals surface area contributed by atoms with Gasteiger partial charge in [0.2, 0.25) is 0 Å². The molecule has 0 fully saturated rings. The molecule has 1 aliphatic rings. The largest absolute Gasteiger partial charge is 0.481 e. The molecule has 0 spiro atoms. The lowest BCUT2D eigenvalue weighted by molar-refractivity contribution is -0.139. The van der Waals surface area contributed by atoms with Crippen molar-refractivity contribution in [3.63, 3.8) is 0 Å². The number of benzene rings is 2. The van der Waals surface area contributed by atoms with Crippen LogP contribution in [0.1, 0.15) is 18.5 Å². The van der Waals surface area contributed by atoms with Gasteiger partial charge in [0, 0.05) is 5.02 Å². The number of rotatable bonds is 3.